The first-order valence-electron chi connectivity index (χ1n) is 3.31. The van der Waals surface area contributed by atoms with Crippen molar-refractivity contribution < 1.29 is 4.74 Å². The molecule has 0 aliphatic carbocycles. The molecular formula is C8H11BrClNO. The number of ether oxygens (including phenoxy) is 1. The molecule has 0 saturated carbocycles. The Balaban J connectivity index is 0.00000121. The van der Waals surface area contributed by atoms with Crippen LogP contribution in [0.4, 0.5) is 0 Å². The standard InChI is InChI=1S/C8H10BrNO.ClH/c1-11-8-6(5-10)3-2-4-7(8)9;/h2-4H,5,10H2,1H3;1H. The van der Waals surface area contributed by atoms with E-state index in [1.54, 1.807) is 7.11 Å². The number of nitrogens with two attached hydrogens (primary N) is 1. The zero-order chi connectivity index (χ0) is 8.27. The molecule has 1 rings (SSSR count). The summed E-state index contributed by atoms with van der Waals surface area (Å²) >= 11 is 3.37. The second kappa shape index (κ2) is 5.41. The fourth-order valence-electron chi connectivity index (χ4n) is 0.943. The minimum atomic E-state index is 0. The molecule has 12 heavy (non-hydrogen) atoms. The molecule has 0 radical (unpaired) electrons. The van der Waals surface area contributed by atoms with Gasteiger partial charge in [0.25, 0.3) is 0 Å². The monoisotopic (exact) mass is 251 g/mol. The van der Waals surface area contributed by atoms with Gasteiger partial charge in [0.2, 0.25) is 0 Å². The zero-order valence-electron chi connectivity index (χ0n) is 6.71. The van der Waals surface area contributed by atoms with Crippen LogP contribution in [0.3, 0.4) is 0 Å². The highest BCUT2D eigenvalue weighted by Gasteiger charge is 2.03. The summed E-state index contributed by atoms with van der Waals surface area (Å²) < 4.78 is 6.09. The number of halogens is 2. The molecule has 68 valence electrons. The maximum absolute atomic E-state index is 5.49. The zero-order valence-corrected chi connectivity index (χ0v) is 9.11. The smallest absolute Gasteiger partial charge is 0.137 e. The first kappa shape index (κ1) is 11.8. The Bertz CT molecular complexity index is 255. The highest BCUT2D eigenvalue weighted by molar-refractivity contribution is 9.10. The van der Waals surface area contributed by atoms with Crippen LogP contribution in [0.5, 0.6) is 5.75 Å². The van der Waals surface area contributed by atoms with Gasteiger partial charge in [-0.25, -0.2) is 0 Å². The lowest BCUT2D eigenvalue weighted by Gasteiger charge is -2.07. The van der Waals surface area contributed by atoms with E-state index >= 15 is 0 Å². The average molecular weight is 253 g/mol. The van der Waals surface area contributed by atoms with Gasteiger partial charge in [0.1, 0.15) is 5.75 Å². The molecule has 0 amide bonds. The molecule has 0 fully saturated rings. The SMILES string of the molecule is COc1c(Br)cccc1CN.Cl. The minimum Gasteiger partial charge on any atom is -0.495 e. The Morgan fingerprint density at radius 2 is 2.17 bits per heavy atom. The van der Waals surface area contributed by atoms with E-state index in [-0.39, 0.29) is 12.4 Å². The van der Waals surface area contributed by atoms with Crippen LogP contribution in [0.2, 0.25) is 0 Å². The Morgan fingerprint density at radius 3 is 2.58 bits per heavy atom. The molecule has 4 heteroatoms. The van der Waals surface area contributed by atoms with Crippen molar-refractivity contribution in [3.05, 3.63) is 28.2 Å². The quantitative estimate of drug-likeness (QED) is 0.877. The van der Waals surface area contributed by atoms with Crippen LogP contribution in [0.1, 0.15) is 5.56 Å². The molecule has 0 bridgehead atoms. The van der Waals surface area contributed by atoms with Gasteiger partial charge >= 0.3 is 0 Å². The Labute approximate surface area is 86.6 Å². The van der Waals surface area contributed by atoms with Gasteiger partial charge in [0, 0.05) is 12.1 Å². The maximum Gasteiger partial charge on any atom is 0.137 e. The maximum atomic E-state index is 5.49. The summed E-state index contributed by atoms with van der Waals surface area (Å²) in [6, 6.07) is 5.82. The number of hydrogen-bond donors (Lipinski definition) is 1. The predicted molar refractivity (Wildman–Crippen MR) is 55.8 cm³/mol. The second-order valence-corrected chi connectivity index (χ2v) is 2.99. The van der Waals surface area contributed by atoms with Gasteiger partial charge in [-0.2, -0.15) is 0 Å². The summed E-state index contributed by atoms with van der Waals surface area (Å²) in [5.41, 5.74) is 6.51. The first-order valence-corrected chi connectivity index (χ1v) is 4.10. The number of hydrogen-bond acceptors (Lipinski definition) is 2. The molecule has 0 spiro atoms. The number of methoxy groups -OCH3 is 1. The molecule has 0 aromatic heterocycles. The molecule has 0 atom stereocenters. The molecule has 0 heterocycles. The van der Waals surface area contributed by atoms with Crippen molar-refractivity contribution >= 4 is 28.3 Å². The molecule has 0 unspecified atom stereocenters. The highest BCUT2D eigenvalue weighted by atomic mass is 79.9. The van der Waals surface area contributed by atoms with Gasteiger partial charge in [-0.05, 0) is 22.0 Å². The van der Waals surface area contributed by atoms with Crippen molar-refractivity contribution in [3.8, 4) is 5.75 Å². The molecule has 1 aromatic carbocycles. The van der Waals surface area contributed by atoms with Crippen LogP contribution in [0.15, 0.2) is 22.7 Å². The Hall–Kier alpha value is -0.250. The van der Waals surface area contributed by atoms with E-state index in [9.17, 15) is 0 Å². The number of rotatable bonds is 2. The predicted octanol–water partition coefficient (Wildman–Crippen LogP) is 2.34. The van der Waals surface area contributed by atoms with Crippen molar-refractivity contribution in [2.24, 2.45) is 5.73 Å². The van der Waals surface area contributed by atoms with Crippen molar-refractivity contribution in [1.29, 1.82) is 0 Å². The van der Waals surface area contributed by atoms with Crippen LogP contribution in [0, 0.1) is 0 Å². The van der Waals surface area contributed by atoms with Gasteiger partial charge in [-0.15, -0.1) is 12.4 Å². The van der Waals surface area contributed by atoms with E-state index in [1.165, 1.54) is 0 Å². The van der Waals surface area contributed by atoms with Gasteiger partial charge in [0.05, 0.1) is 11.6 Å². The topological polar surface area (TPSA) is 35.2 Å². The van der Waals surface area contributed by atoms with Crippen LogP contribution in [-0.4, -0.2) is 7.11 Å². The lowest BCUT2D eigenvalue weighted by Crippen LogP contribution is -1.99. The van der Waals surface area contributed by atoms with Crippen LogP contribution in [-0.2, 0) is 6.54 Å². The lowest BCUT2D eigenvalue weighted by atomic mass is 10.2. The van der Waals surface area contributed by atoms with Crippen LogP contribution >= 0.6 is 28.3 Å². The minimum absolute atomic E-state index is 0. The van der Waals surface area contributed by atoms with Crippen molar-refractivity contribution in [2.75, 3.05) is 7.11 Å². The van der Waals surface area contributed by atoms with Gasteiger partial charge in [0.15, 0.2) is 0 Å². The Kier molecular flexibility index (Phi) is 5.29. The van der Waals surface area contributed by atoms with Gasteiger partial charge < -0.3 is 10.5 Å². The molecule has 0 saturated heterocycles. The van der Waals surface area contributed by atoms with Crippen molar-refractivity contribution in [3.63, 3.8) is 0 Å². The first-order chi connectivity index (χ1) is 5.29. The third-order valence-corrected chi connectivity index (χ3v) is 2.10. The third kappa shape index (κ3) is 2.37. The molecule has 2 N–H and O–H groups in total. The lowest BCUT2D eigenvalue weighted by molar-refractivity contribution is 0.407. The molecule has 2 nitrogen and oxygen atoms in total. The van der Waals surface area contributed by atoms with Gasteiger partial charge in [-0.1, -0.05) is 12.1 Å². The Morgan fingerprint density at radius 1 is 1.50 bits per heavy atom. The third-order valence-electron chi connectivity index (χ3n) is 1.47. The van der Waals surface area contributed by atoms with Crippen LogP contribution < -0.4 is 10.5 Å². The summed E-state index contributed by atoms with van der Waals surface area (Å²) in [5, 5.41) is 0. The summed E-state index contributed by atoms with van der Waals surface area (Å²) in [6.45, 7) is 0.503. The van der Waals surface area contributed by atoms with E-state index in [0.29, 0.717) is 6.54 Å². The van der Waals surface area contributed by atoms with E-state index in [0.717, 1.165) is 15.8 Å². The largest absolute Gasteiger partial charge is 0.495 e. The molecule has 0 aliphatic rings. The summed E-state index contributed by atoms with van der Waals surface area (Å²) in [6.07, 6.45) is 0. The second-order valence-electron chi connectivity index (χ2n) is 2.14. The highest BCUT2D eigenvalue weighted by Crippen LogP contribution is 2.27. The molecular weight excluding hydrogens is 241 g/mol. The van der Waals surface area contributed by atoms with Crippen molar-refractivity contribution in [2.45, 2.75) is 6.54 Å². The fourth-order valence-corrected chi connectivity index (χ4v) is 1.51. The molecule has 1 aromatic rings. The average Bonchev–Trinajstić information content (AvgIpc) is 2.04. The fraction of sp³-hybridized carbons (Fsp3) is 0.250. The van der Waals surface area contributed by atoms with E-state index < -0.39 is 0 Å². The van der Waals surface area contributed by atoms with E-state index in [2.05, 4.69) is 15.9 Å². The number of benzene rings is 1. The number of para-hydroxylation sites is 1. The van der Waals surface area contributed by atoms with E-state index in [4.69, 9.17) is 10.5 Å². The van der Waals surface area contributed by atoms with Crippen molar-refractivity contribution in [1.82, 2.24) is 0 Å². The summed E-state index contributed by atoms with van der Waals surface area (Å²) in [4.78, 5) is 0. The van der Waals surface area contributed by atoms with Crippen LogP contribution in [0.25, 0.3) is 0 Å². The summed E-state index contributed by atoms with van der Waals surface area (Å²) in [5.74, 6) is 0.829. The van der Waals surface area contributed by atoms with Gasteiger partial charge in [-0.3, -0.25) is 0 Å². The molecule has 0 aliphatic heterocycles. The van der Waals surface area contributed by atoms with E-state index in [1.807, 2.05) is 18.2 Å². The summed E-state index contributed by atoms with van der Waals surface area (Å²) in [7, 11) is 1.64. The normalized spacial score (nSPS) is 8.92.